The number of Topliss-reactive ketones (excluding diaryl/α,β-unsaturated/α-hetero) is 1. The maximum absolute atomic E-state index is 11.2. The van der Waals surface area contributed by atoms with Crippen molar-refractivity contribution in [3.05, 3.63) is 17.9 Å². The first-order valence-corrected chi connectivity index (χ1v) is 7.12. The SMILES string of the molecule is CC(=O)c1ccc(Sc2nnnn2C2CCCC2)o1. The highest BCUT2D eigenvalue weighted by atomic mass is 32.2. The summed E-state index contributed by atoms with van der Waals surface area (Å²) < 4.78 is 7.31. The van der Waals surface area contributed by atoms with Crippen molar-refractivity contribution in [1.29, 1.82) is 0 Å². The van der Waals surface area contributed by atoms with E-state index in [4.69, 9.17) is 4.42 Å². The molecule has 1 fully saturated rings. The summed E-state index contributed by atoms with van der Waals surface area (Å²) in [4.78, 5) is 11.2. The summed E-state index contributed by atoms with van der Waals surface area (Å²) in [6.45, 7) is 1.48. The van der Waals surface area contributed by atoms with Gasteiger partial charge in [0.1, 0.15) is 0 Å². The third kappa shape index (κ3) is 2.56. The van der Waals surface area contributed by atoms with E-state index in [0.29, 0.717) is 16.9 Å². The van der Waals surface area contributed by atoms with Gasteiger partial charge in [-0.05, 0) is 47.2 Å². The second-order valence-corrected chi connectivity index (χ2v) is 5.59. The molecule has 1 aliphatic rings. The van der Waals surface area contributed by atoms with Crippen LogP contribution in [0.25, 0.3) is 0 Å². The van der Waals surface area contributed by atoms with Crippen LogP contribution in [-0.2, 0) is 0 Å². The zero-order valence-electron chi connectivity index (χ0n) is 10.6. The van der Waals surface area contributed by atoms with Gasteiger partial charge in [-0.3, -0.25) is 4.79 Å². The standard InChI is InChI=1S/C12H14N4O2S/c1-8(17)10-6-7-11(18-10)19-12-13-14-15-16(12)9-4-2-3-5-9/h6-7,9H,2-5H2,1H3. The maximum atomic E-state index is 11.2. The van der Waals surface area contributed by atoms with Gasteiger partial charge in [-0.2, -0.15) is 0 Å². The van der Waals surface area contributed by atoms with Crippen LogP contribution >= 0.6 is 11.8 Å². The van der Waals surface area contributed by atoms with Crippen LogP contribution in [0.3, 0.4) is 0 Å². The van der Waals surface area contributed by atoms with Crippen LogP contribution in [-0.4, -0.2) is 26.0 Å². The number of furan rings is 1. The van der Waals surface area contributed by atoms with Gasteiger partial charge in [-0.15, -0.1) is 5.10 Å². The van der Waals surface area contributed by atoms with Crippen LogP contribution in [0.4, 0.5) is 0 Å². The Morgan fingerprint density at radius 2 is 2.21 bits per heavy atom. The molecule has 0 atom stereocenters. The number of tetrazole rings is 1. The molecule has 0 aromatic carbocycles. The number of hydrogen-bond acceptors (Lipinski definition) is 6. The Kier molecular flexibility index (Phi) is 3.37. The Labute approximate surface area is 114 Å². The number of rotatable bonds is 4. The van der Waals surface area contributed by atoms with Crippen LogP contribution in [0.5, 0.6) is 0 Å². The molecule has 0 N–H and O–H groups in total. The van der Waals surface area contributed by atoms with E-state index in [9.17, 15) is 4.79 Å². The smallest absolute Gasteiger partial charge is 0.217 e. The van der Waals surface area contributed by atoms with E-state index in [2.05, 4.69) is 15.5 Å². The molecule has 0 amide bonds. The lowest BCUT2D eigenvalue weighted by Crippen LogP contribution is -2.08. The van der Waals surface area contributed by atoms with Gasteiger partial charge in [0.15, 0.2) is 16.6 Å². The average Bonchev–Trinajstić information content (AvgIpc) is 3.09. The van der Waals surface area contributed by atoms with E-state index in [-0.39, 0.29) is 5.78 Å². The normalized spacial score (nSPS) is 16.1. The van der Waals surface area contributed by atoms with E-state index >= 15 is 0 Å². The Balaban J connectivity index is 1.79. The van der Waals surface area contributed by atoms with E-state index in [1.54, 1.807) is 12.1 Å². The Morgan fingerprint density at radius 1 is 1.42 bits per heavy atom. The van der Waals surface area contributed by atoms with Gasteiger partial charge in [0.05, 0.1) is 6.04 Å². The Bertz CT molecular complexity index is 586. The van der Waals surface area contributed by atoms with E-state index in [1.807, 2.05) is 4.68 Å². The monoisotopic (exact) mass is 278 g/mol. The molecule has 100 valence electrons. The molecule has 2 heterocycles. The fourth-order valence-electron chi connectivity index (χ4n) is 2.28. The van der Waals surface area contributed by atoms with Crippen LogP contribution < -0.4 is 0 Å². The number of ketones is 1. The Morgan fingerprint density at radius 3 is 2.89 bits per heavy atom. The van der Waals surface area contributed by atoms with Crippen molar-refractivity contribution in [3.8, 4) is 0 Å². The van der Waals surface area contributed by atoms with Crippen molar-refractivity contribution in [3.63, 3.8) is 0 Å². The van der Waals surface area contributed by atoms with Crippen LogP contribution in [0.2, 0.25) is 0 Å². The molecule has 1 saturated carbocycles. The lowest BCUT2D eigenvalue weighted by Gasteiger charge is -2.09. The topological polar surface area (TPSA) is 73.8 Å². The van der Waals surface area contributed by atoms with Gasteiger partial charge < -0.3 is 4.42 Å². The first-order valence-electron chi connectivity index (χ1n) is 6.30. The summed E-state index contributed by atoms with van der Waals surface area (Å²) in [6, 6.07) is 3.84. The molecule has 7 heteroatoms. The highest BCUT2D eigenvalue weighted by Crippen LogP contribution is 2.34. The molecule has 0 unspecified atom stereocenters. The molecule has 3 rings (SSSR count). The molecule has 0 aliphatic heterocycles. The van der Waals surface area contributed by atoms with Crippen molar-refractivity contribution >= 4 is 17.5 Å². The van der Waals surface area contributed by atoms with Gasteiger partial charge in [0.25, 0.3) is 0 Å². The van der Waals surface area contributed by atoms with Crippen LogP contribution in [0.15, 0.2) is 26.8 Å². The molecule has 0 spiro atoms. The Hall–Kier alpha value is -1.63. The summed E-state index contributed by atoms with van der Waals surface area (Å²) >= 11 is 1.35. The maximum Gasteiger partial charge on any atom is 0.217 e. The number of nitrogens with zero attached hydrogens (tertiary/aromatic N) is 4. The van der Waals surface area contributed by atoms with Crippen molar-refractivity contribution in [2.45, 2.75) is 48.9 Å². The summed E-state index contributed by atoms with van der Waals surface area (Å²) in [7, 11) is 0. The average molecular weight is 278 g/mol. The minimum absolute atomic E-state index is 0.0813. The second kappa shape index (κ2) is 5.16. The first-order chi connectivity index (χ1) is 9.24. The largest absolute Gasteiger partial charge is 0.446 e. The molecule has 0 bridgehead atoms. The van der Waals surface area contributed by atoms with Gasteiger partial charge >= 0.3 is 0 Å². The predicted octanol–water partition coefficient (Wildman–Crippen LogP) is 2.74. The molecule has 19 heavy (non-hydrogen) atoms. The van der Waals surface area contributed by atoms with Crippen LogP contribution in [0.1, 0.15) is 49.2 Å². The third-order valence-corrected chi connectivity index (χ3v) is 4.13. The van der Waals surface area contributed by atoms with Crippen molar-refractivity contribution in [2.24, 2.45) is 0 Å². The highest BCUT2D eigenvalue weighted by molar-refractivity contribution is 7.99. The van der Waals surface area contributed by atoms with Crippen LogP contribution in [0, 0.1) is 0 Å². The minimum Gasteiger partial charge on any atom is -0.446 e. The fourth-order valence-corrected chi connectivity index (χ4v) is 3.09. The molecule has 0 radical (unpaired) electrons. The number of hydrogen-bond donors (Lipinski definition) is 0. The van der Waals surface area contributed by atoms with Crippen molar-refractivity contribution < 1.29 is 9.21 Å². The van der Waals surface area contributed by atoms with Gasteiger partial charge in [0.2, 0.25) is 5.16 Å². The zero-order valence-corrected chi connectivity index (χ0v) is 11.4. The number of aromatic nitrogens is 4. The molecule has 1 aliphatic carbocycles. The zero-order chi connectivity index (χ0) is 13.2. The summed E-state index contributed by atoms with van der Waals surface area (Å²) in [5.41, 5.74) is 0. The molecule has 6 nitrogen and oxygen atoms in total. The third-order valence-electron chi connectivity index (χ3n) is 3.25. The first kappa shape index (κ1) is 12.4. The minimum atomic E-state index is -0.0813. The van der Waals surface area contributed by atoms with Gasteiger partial charge in [-0.1, -0.05) is 12.8 Å². The molecule has 2 aromatic heterocycles. The van der Waals surface area contributed by atoms with Gasteiger partial charge in [0, 0.05) is 6.92 Å². The van der Waals surface area contributed by atoms with Gasteiger partial charge in [-0.25, -0.2) is 4.68 Å². The van der Waals surface area contributed by atoms with Crippen molar-refractivity contribution in [2.75, 3.05) is 0 Å². The highest BCUT2D eigenvalue weighted by Gasteiger charge is 2.22. The van der Waals surface area contributed by atoms with Crippen molar-refractivity contribution in [1.82, 2.24) is 20.2 Å². The molecular formula is C12H14N4O2S. The van der Waals surface area contributed by atoms with E-state index in [1.165, 1.54) is 31.5 Å². The predicted molar refractivity (Wildman–Crippen MR) is 68.2 cm³/mol. The lowest BCUT2D eigenvalue weighted by atomic mass is 10.3. The quantitative estimate of drug-likeness (QED) is 0.801. The van der Waals surface area contributed by atoms with E-state index in [0.717, 1.165) is 18.0 Å². The molecule has 0 saturated heterocycles. The summed E-state index contributed by atoms with van der Waals surface area (Å²) in [5, 5.41) is 13.2. The number of carbonyl (C=O) groups excluding carboxylic acids is 1. The summed E-state index contributed by atoms with van der Waals surface area (Å²) in [5.74, 6) is 0.282. The molecule has 2 aromatic rings. The fraction of sp³-hybridized carbons (Fsp3) is 0.500. The van der Waals surface area contributed by atoms with E-state index < -0.39 is 0 Å². The molecular weight excluding hydrogens is 264 g/mol. The summed E-state index contributed by atoms with van der Waals surface area (Å²) in [6.07, 6.45) is 4.69. The number of carbonyl (C=O) groups is 1. The lowest BCUT2D eigenvalue weighted by molar-refractivity contribution is 0.0982. The second-order valence-electron chi connectivity index (χ2n) is 4.62.